The lowest BCUT2D eigenvalue weighted by molar-refractivity contribution is 0.830. The van der Waals surface area contributed by atoms with Crippen LogP contribution in [0.4, 0.5) is 5.69 Å². The van der Waals surface area contributed by atoms with E-state index in [0.717, 1.165) is 22.9 Å². The predicted octanol–water partition coefficient (Wildman–Crippen LogP) is 1.53. The summed E-state index contributed by atoms with van der Waals surface area (Å²) in [5, 5.41) is 13.0. The van der Waals surface area contributed by atoms with Crippen LogP contribution in [0.15, 0.2) is 18.2 Å². The van der Waals surface area contributed by atoms with Gasteiger partial charge in [0.05, 0.1) is 18.2 Å². The monoisotopic (exact) mass is 227 g/mol. The van der Waals surface area contributed by atoms with Crippen molar-refractivity contribution in [2.75, 3.05) is 5.73 Å². The highest BCUT2D eigenvalue weighted by molar-refractivity contribution is 5.53. The summed E-state index contributed by atoms with van der Waals surface area (Å²) >= 11 is 0. The molecule has 5 heteroatoms. The van der Waals surface area contributed by atoms with Gasteiger partial charge >= 0.3 is 0 Å². The first-order chi connectivity index (χ1) is 8.11. The topological polar surface area (TPSA) is 80.5 Å². The normalized spacial score (nSPS) is 10.2. The summed E-state index contributed by atoms with van der Waals surface area (Å²) in [6.45, 7) is 3.73. The van der Waals surface area contributed by atoms with E-state index in [4.69, 9.17) is 11.0 Å². The van der Waals surface area contributed by atoms with Crippen LogP contribution in [-0.2, 0) is 6.42 Å². The van der Waals surface area contributed by atoms with E-state index in [1.165, 1.54) is 0 Å². The van der Waals surface area contributed by atoms with Gasteiger partial charge in [0.15, 0.2) is 0 Å². The second kappa shape index (κ2) is 4.26. The molecule has 0 fully saturated rings. The Hall–Kier alpha value is -2.35. The Balaban J connectivity index is 2.50. The van der Waals surface area contributed by atoms with Crippen molar-refractivity contribution in [3.8, 4) is 11.8 Å². The summed E-state index contributed by atoms with van der Waals surface area (Å²) in [6.07, 6.45) is 0.298. The van der Waals surface area contributed by atoms with Crippen LogP contribution < -0.4 is 5.73 Å². The quantitative estimate of drug-likeness (QED) is 0.789. The average Bonchev–Trinajstić information content (AvgIpc) is 2.61. The van der Waals surface area contributed by atoms with Crippen molar-refractivity contribution in [3.63, 3.8) is 0 Å². The van der Waals surface area contributed by atoms with E-state index in [1.807, 2.05) is 26.0 Å². The highest BCUT2D eigenvalue weighted by Gasteiger charge is 2.07. The Labute approximate surface area is 99.5 Å². The predicted molar refractivity (Wildman–Crippen MR) is 64.6 cm³/mol. The fourth-order valence-corrected chi connectivity index (χ4v) is 1.73. The summed E-state index contributed by atoms with van der Waals surface area (Å²) in [4.78, 5) is 4.24. The number of nitrogens with zero attached hydrogens (tertiary/aromatic N) is 4. The smallest absolute Gasteiger partial charge is 0.148 e. The molecule has 0 bridgehead atoms. The van der Waals surface area contributed by atoms with Gasteiger partial charge in [0.1, 0.15) is 11.6 Å². The van der Waals surface area contributed by atoms with Crippen molar-refractivity contribution in [1.82, 2.24) is 14.8 Å². The highest BCUT2D eigenvalue weighted by atomic mass is 15.3. The number of hydrogen-bond acceptors (Lipinski definition) is 4. The van der Waals surface area contributed by atoms with Gasteiger partial charge in [-0.3, -0.25) is 0 Å². The molecule has 0 aliphatic carbocycles. The number of benzene rings is 1. The van der Waals surface area contributed by atoms with E-state index in [1.54, 1.807) is 10.7 Å². The molecule has 2 N–H and O–H groups in total. The first kappa shape index (κ1) is 11.1. The van der Waals surface area contributed by atoms with E-state index in [2.05, 4.69) is 16.2 Å². The highest BCUT2D eigenvalue weighted by Crippen LogP contribution is 2.18. The second-order valence-electron chi connectivity index (χ2n) is 3.84. The number of hydrogen-bond donors (Lipinski definition) is 1. The van der Waals surface area contributed by atoms with Gasteiger partial charge in [-0.15, -0.1) is 0 Å². The molecule has 0 amide bonds. The van der Waals surface area contributed by atoms with E-state index >= 15 is 0 Å². The fourth-order valence-electron chi connectivity index (χ4n) is 1.73. The minimum Gasteiger partial charge on any atom is -0.398 e. The molecule has 0 saturated carbocycles. The average molecular weight is 227 g/mol. The van der Waals surface area contributed by atoms with Crippen LogP contribution in [0.5, 0.6) is 0 Å². The van der Waals surface area contributed by atoms with Crippen LogP contribution in [0.2, 0.25) is 0 Å². The maximum absolute atomic E-state index is 8.72. The standard InChI is InChI=1S/C12H13N5/c1-8-15-9(2)17(16-8)11-3-4-12(14)10(7-11)5-6-13/h3-4,7H,5,14H2,1-2H3. The van der Waals surface area contributed by atoms with Crippen LogP contribution in [0, 0.1) is 25.2 Å². The minimum atomic E-state index is 0.298. The molecule has 0 atom stereocenters. The number of aromatic nitrogens is 3. The number of aryl methyl sites for hydroxylation is 2. The molecule has 0 unspecified atom stereocenters. The van der Waals surface area contributed by atoms with Crippen LogP contribution in [0.3, 0.4) is 0 Å². The van der Waals surface area contributed by atoms with Gasteiger partial charge in [-0.05, 0) is 37.6 Å². The molecule has 0 aliphatic heterocycles. The maximum Gasteiger partial charge on any atom is 0.148 e. The lowest BCUT2D eigenvalue weighted by atomic mass is 10.1. The van der Waals surface area contributed by atoms with Gasteiger partial charge in [0.25, 0.3) is 0 Å². The van der Waals surface area contributed by atoms with Crippen molar-refractivity contribution in [2.24, 2.45) is 0 Å². The SMILES string of the molecule is Cc1nc(C)n(-c2ccc(N)c(CC#N)c2)n1. The van der Waals surface area contributed by atoms with E-state index in [9.17, 15) is 0 Å². The summed E-state index contributed by atoms with van der Waals surface area (Å²) in [6, 6.07) is 7.64. The van der Waals surface area contributed by atoms with E-state index < -0.39 is 0 Å². The lowest BCUT2D eigenvalue weighted by Gasteiger charge is -2.07. The third-order valence-corrected chi connectivity index (χ3v) is 2.52. The number of anilines is 1. The Morgan fingerprint density at radius 2 is 2.18 bits per heavy atom. The minimum absolute atomic E-state index is 0.298. The zero-order chi connectivity index (χ0) is 12.4. The summed E-state index contributed by atoms with van der Waals surface area (Å²) in [5.74, 6) is 1.54. The molecule has 2 aromatic rings. The molecular weight excluding hydrogens is 214 g/mol. The van der Waals surface area contributed by atoms with Crippen molar-refractivity contribution >= 4 is 5.69 Å². The molecule has 0 radical (unpaired) electrons. The molecule has 1 heterocycles. The summed E-state index contributed by atoms with van der Waals surface area (Å²) in [5.41, 5.74) is 8.12. The number of nitrogens with two attached hydrogens (primary N) is 1. The molecule has 17 heavy (non-hydrogen) atoms. The largest absolute Gasteiger partial charge is 0.398 e. The van der Waals surface area contributed by atoms with Crippen LogP contribution in [-0.4, -0.2) is 14.8 Å². The maximum atomic E-state index is 8.72. The molecule has 1 aromatic heterocycles. The van der Waals surface area contributed by atoms with E-state index in [-0.39, 0.29) is 0 Å². The molecule has 86 valence electrons. The van der Waals surface area contributed by atoms with Gasteiger partial charge in [-0.2, -0.15) is 10.4 Å². The van der Waals surface area contributed by atoms with Crippen molar-refractivity contribution in [1.29, 1.82) is 5.26 Å². The Morgan fingerprint density at radius 1 is 1.41 bits per heavy atom. The first-order valence-electron chi connectivity index (χ1n) is 5.28. The van der Waals surface area contributed by atoms with Gasteiger partial charge in [-0.1, -0.05) is 0 Å². The number of nitrogen functional groups attached to an aromatic ring is 1. The Kier molecular flexibility index (Phi) is 2.79. The summed E-state index contributed by atoms with van der Waals surface area (Å²) < 4.78 is 1.75. The van der Waals surface area contributed by atoms with Crippen molar-refractivity contribution in [3.05, 3.63) is 35.4 Å². The van der Waals surface area contributed by atoms with Gasteiger partial charge < -0.3 is 5.73 Å². The van der Waals surface area contributed by atoms with Crippen LogP contribution in [0.25, 0.3) is 5.69 Å². The Bertz CT molecular complexity index is 591. The first-order valence-corrected chi connectivity index (χ1v) is 5.28. The van der Waals surface area contributed by atoms with E-state index in [0.29, 0.717) is 12.1 Å². The van der Waals surface area contributed by atoms with Crippen molar-refractivity contribution < 1.29 is 0 Å². The molecule has 2 rings (SSSR count). The Morgan fingerprint density at radius 3 is 2.76 bits per heavy atom. The molecular formula is C12H13N5. The molecule has 0 saturated heterocycles. The zero-order valence-corrected chi connectivity index (χ0v) is 9.81. The third-order valence-electron chi connectivity index (χ3n) is 2.52. The third kappa shape index (κ3) is 2.11. The van der Waals surface area contributed by atoms with Gasteiger partial charge in [0, 0.05) is 5.69 Å². The molecule has 0 aliphatic rings. The van der Waals surface area contributed by atoms with Gasteiger partial charge in [0.2, 0.25) is 0 Å². The zero-order valence-electron chi connectivity index (χ0n) is 9.81. The van der Waals surface area contributed by atoms with Crippen LogP contribution >= 0.6 is 0 Å². The fraction of sp³-hybridized carbons (Fsp3) is 0.250. The second-order valence-corrected chi connectivity index (χ2v) is 3.84. The number of nitriles is 1. The molecule has 0 spiro atoms. The molecule has 5 nitrogen and oxygen atoms in total. The molecule has 1 aromatic carbocycles. The van der Waals surface area contributed by atoms with Gasteiger partial charge in [-0.25, -0.2) is 9.67 Å². The van der Waals surface area contributed by atoms with Crippen LogP contribution in [0.1, 0.15) is 17.2 Å². The summed E-state index contributed by atoms with van der Waals surface area (Å²) in [7, 11) is 0. The number of rotatable bonds is 2. The lowest BCUT2D eigenvalue weighted by Crippen LogP contribution is -2.02. The van der Waals surface area contributed by atoms with Crippen molar-refractivity contribution in [2.45, 2.75) is 20.3 Å².